The Kier molecular flexibility index (Phi) is 2.95. The second-order valence-corrected chi connectivity index (χ2v) is 4.10. The molecule has 1 aromatic heterocycles. The molecule has 0 unspecified atom stereocenters. The number of aromatic amines is 1. The highest BCUT2D eigenvalue weighted by Crippen LogP contribution is 2.23. The number of rotatable bonds is 4. The van der Waals surface area contributed by atoms with E-state index in [0.29, 0.717) is 6.42 Å². The first-order valence-corrected chi connectivity index (χ1v) is 5.45. The zero-order valence-electron chi connectivity index (χ0n) is 9.29. The van der Waals surface area contributed by atoms with E-state index < -0.39 is 0 Å². The van der Waals surface area contributed by atoms with E-state index in [0.717, 1.165) is 29.3 Å². The monoisotopic (exact) mass is 217 g/mol. The summed E-state index contributed by atoms with van der Waals surface area (Å²) in [4.78, 5) is 14.0. The molecule has 3 heteroatoms. The van der Waals surface area contributed by atoms with Crippen LogP contribution >= 0.6 is 0 Å². The van der Waals surface area contributed by atoms with Crippen molar-refractivity contribution in [3.8, 4) is 5.75 Å². The number of ketones is 1. The summed E-state index contributed by atoms with van der Waals surface area (Å²) in [5.41, 5.74) is 2.18. The highest BCUT2D eigenvalue weighted by Gasteiger charge is 2.04. The number of carbonyl (C=O) groups excluding carboxylic acids is 1. The van der Waals surface area contributed by atoms with Gasteiger partial charge in [-0.3, -0.25) is 0 Å². The quantitative estimate of drug-likeness (QED) is 0.827. The van der Waals surface area contributed by atoms with Crippen molar-refractivity contribution >= 4 is 16.7 Å². The number of hydrogen-bond donors (Lipinski definition) is 2. The van der Waals surface area contributed by atoms with Crippen LogP contribution in [0.4, 0.5) is 0 Å². The van der Waals surface area contributed by atoms with E-state index in [1.807, 2.05) is 12.3 Å². The van der Waals surface area contributed by atoms with Crippen LogP contribution in [0.25, 0.3) is 10.9 Å². The van der Waals surface area contributed by atoms with Crippen LogP contribution in [0.1, 0.15) is 25.3 Å². The number of fused-ring (bicyclic) bond motifs is 1. The van der Waals surface area contributed by atoms with Gasteiger partial charge in [0.25, 0.3) is 0 Å². The standard InChI is InChI=1S/C13H15NO2/c1-9(15)3-2-4-10-8-14-13-6-5-11(16)7-12(10)13/h5-8,14,16H,2-4H2,1H3. The molecule has 0 saturated carbocycles. The lowest BCUT2D eigenvalue weighted by atomic mass is 10.1. The van der Waals surface area contributed by atoms with Gasteiger partial charge in [0.2, 0.25) is 0 Å². The molecule has 1 aromatic carbocycles. The van der Waals surface area contributed by atoms with E-state index in [1.165, 1.54) is 0 Å². The van der Waals surface area contributed by atoms with Crippen LogP contribution < -0.4 is 0 Å². The fraction of sp³-hybridized carbons (Fsp3) is 0.308. The molecular weight excluding hydrogens is 202 g/mol. The number of phenols is 1. The molecule has 0 radical (unpaired) electrons. The lowest BCUT2D eigenvalue weighted by molar-refractivity contribution is -0.117. The van der Waals surface area contributed by atoms with Crippen molar-refractivity contribution in [2.75, 3.05) is 0 Å². The van der Waals surface area contributed by atoms with E-state index in [4.69, 9.17) is 0 Å². The van der Waals surface area contributed by atoms with E-state index in [1.54, 1.807) is 19.1 Å². The van der Waals surface area contributed by atoms with Gasteiger partial charge in [0.15, 0.2) is 0 Å². The van der Waals surface area contributed by atoms with Crippen molar-refractivity contribution in [3.63, 3.8) is 0 Å². The Bertz CT molecular complexity index is 514. The predicted molar refractivity (Wildman–Crippen MR) is 63.6 cm³/mol. The molecule has 0 bridgehead atoms. The molecule has 0 aliphatic rings. The van der Waals surface area contributed by atoms with Crippen LogP contribution in [-0.2, 0) is 11.2 Å². The SMILES string of the molecule is CC(=O)CCCc1c[nH]c2ccc(O)cc12. The van der Waals surface area contributed by atoms with Crippen LogP contribution in [0.2, 0.25) is 0 Å². The molecule has 2 N–H and O–H groups in total. The lowest BCUT2D eigenvalue weighted by Gasteiger charge is -1.98. The predicted octanol–water partition coefficient (Wildman–Crippen LogP) is 2.79. The number of aromatic hydroxyl groups is 1. The Morgan fingerprint density at radius 2 is 2.25 bits per heavy atom. The summed E-state index contributed by atoms with van der Waals surface area (Å²) in [6.45, 7) is 1.61. The molecule has 0 aliphatic heterocycles. The van der Waals surface area contributed by atoms with Crippen LogP contribution in [0.15, 0.2) is 24.4 Å². The highest BCUT2D eigenvalue weighted by atomic mass is 16.3. The Hall–Kier alpha value is -1.77. The van der Waals surface area contributed by atoms with Crippen molar-refractivity contribution in [2.24, 2.45) is 0 Å². The van der Waals surface area contributed by atoms with Gasteiger partial charge in [-0.05, 0) is 43.5 Å². The zero-order chi connectivity index (χ0) is 11.5. The number of carbonyl (C=O) groups is 1. The second kappa shape index (κ2) is 4.39. The minimum absolute atomic E-state index is 0.225. The van der Waals surface area contributed by atoms with E-state index in [2.05, 4.69) is 4.98 Å². The Morgan fingerprint density at radius 3 is 3.00 bits per heavy atom. The number of H-pyrrole nitrogens is 1. The minimum Gasteiger partial charge on any atom is -0.508 e. The normalized spacial score (nSPS) is 10.8. The first-order valence-electron chi connectivity index (χ1n) is 5.45. The van der Waals surface area contributed by atoms with Crippen LogP contribution in [0, 0.1) is 0 Å². The summed E-state index contributed by atoms with van der Waals surface area (Å²) in [6, 6.07) is 5.28. The van der Waals surface area contributed by atoms with Gasteiger partial charge in [0.05, 0.1) is 0 Å². The highest BCUT2D eigenvalue weighted by molar-refractivity contribution is 5.84. The van der Waals surface area contributed by atoms with Gasteiger partial charge in [-0.2, -0.15) is 0 Å². The molecule has 0 fully saturated rings. The average Bonchev–Trinajstić information content (AvgIpc) is 2.60. The third-order valence-electron chi connectivity index (χ3n) is 2.73. The van der Waals surface area contributed by atoms with Crippen LogP contribution in [0.5, 0.6) is 5.75 Å². The fourth-order valence-electron chi connectivity index (χ4n) is 1.90. The summed E-state index contributed by atoms with van der Waals surface area (Å²) in [5.74, 6) is 0.502. The lowest BCUT2D eigenvalue weighted by Crippen LogP contribution is -1.91. The van der Waals surface area contributed by atoms with Crippen LogP contribution in [0.3, 0.4) is 0 Å². The average molecular weight is 217 g/mol. The first-order chi connectivity index (χ1) is 7.66. The number of phenolic OH excluding ortho intramolecular Hbond substituents is 1. The molecule has 84 valence electrons. The van der Waals surface area contributed by atoms with E-state index in [-0.39, 0.29) is 11.5 Å². The Labute approximate surface area is 94.1 Å². The van der Waals surface area contributed by atoms with Gasteiger partial charge in [-0.1, -0.05) is 0 Å². The minimum atomic E-state index is 0.225. The summed E-state index contributed by atoms with van der Waals surface area (Å²) >= 11 is 0. The Balaban J connectivity index is 2.17. The topological polar surface area (TPSA) is 53.1 Å². The molecule has 1 heterocycles. The van der Waals surface area contributed by atoms with Gasteiger partial charge in [0.1, 0.15) is 11.5 Å². The maximum absolute atomic E-state index is 10.8. The third kappa shape index (κ3) is 2.24. The Morgan fingerprint density at radius 1 is 1.44 bits per heavy atom. The zero-order valence-corrected chi connectivity index (χ0v) is 9.29. The van der Waals surface area contributed by atoms with E-state index >= 15 is 0 Å². The molecule has 2 aromatic rings. The van der Waals surface area contributed by atoms with Crippen LogP contribution in [-0.4, -0.2) is 15.9 Å². The summed E-state index contributed by atoms with van der Waals surface area (Å²) in [6.07, 6.45) is 4.29. The van der Waals surface area contributed by atoms with Gasteiger partial charge < -0.3 is 14.9 Å². The van der Waals surface area contributed by atoms with Crippen molar-refractivity contribution in [1.29, 1.82) is 0 Å². The molecule has 2 rings (SSSR count). The fourth-order valence-corrected chi connectivity index (χ4v) is 1.90. The van der Waals surface area contributed by atoms with Crippen molar-refractivity contribution in [3.05, 3.63) is 30.0 Å². The number of benzene rings is 1. The molecular formula is C13H15NO2. The first kappa shape index (κ1) is 10.7. The molecule has 0 aliphatic carbocycles. The maximum atomic E-state index is 10.8. The molecule has 0 amide bonds. The number of aryl methyl sites for hydroxylation is 1. The van der Waals surface area contributed by atoms with Crippen molar-refractivity contribution in [1.82, 2.24) is 4.98 Å². The van der Waals surface area contributed by atoms with Crippen molar-refractivity contribution in [2.45, 2.75) is 26.2 Å². The molecule has 0 saturated heterocycles. The molecule has 16 heavy (non-hydrogen) atoms. The molecule has 0 atom stereocenters. The summed E-state index contributed by atoms with van der Waals surface area (Å²) in [7, 11) is 0. The second-order valence-electron chi connectivity index (χ2n) is 4.10. The van der Waals surface area contributed by atoms with Crippen molar-refractivity contribution < 1.29 is 9.90 Å². The van der Waals surface area contributed by atoms with Gasteiger partial charge in [0, 0.05) is 23.5 Å². The summed E-state index contributed by atoms with van der Waals surface area (Å²) in [5, 5.41) is 10.5. The summed E-state index contributed by atoms with van der Waals surface area (Å²) < 4.78 is 0. The smallest absolute Gasteiger partial charge is 0.129 e. The number of nitrogens with one attached hydrogen (secondary N) is 1. The van der Waals surface area contributed by atoms with E-state index in [9.17, 15) is 9.90 Å². The largest absolute Gasteiger partial charge is 0.508 e. The third-order valence-corrected chi connectivity index (χ3v) is 2.73. The van der Waals surface area contributed by atoms with Gasteiger partial charge in [-0.25, -0.2) is 0 Å². The van der Waals surface area contributed by atoms with Gasteiger partial charge in [-0.15, -0.1) is 0 Å². The van der Waals surface area contributed by atoms with Gasteiger partial charge >= 0.3 is 0 Å². The number of hydrogen-bond acceptors (Lipinski definition) is 2. The maximum Gasteiger partial charge on any atom is 0.129 e. The number of aromatic nitrogens is 1. The molecule has 0 spiro atoms. The number of Topliss-reactive ketones (excluding diaryl/α,β-unsaturated/α-hetero) is 1. The molecule has 3 nitrogen and oxygen atoms in total.